The van der Waals surface area contributed by atoms with Gasteiger partial charge in [0.25, 0.3) is 0 Å². The Bertz CT molecular complexity index is 410. The number of aromatic carboxylic acids is 1. The molecule has 0 atom stereocenters. The van der Waals surface area contributed by atoms with Crippen LogP contribution in [0.4, 0.5) is 5.82 Å². The molecular formula is C11H16N4O2. The first-order chi connectivity index (χ1) is 8.16. The average Bonchev–Trinajstić information content (AvgIpc) is 2.54. The zero-order valence-electron chi connectivity index (χ0n) is 9.83. The van der Waals surface area contributed by atoms with Crippen LogP contribution in [0.25, 0.3) is 0 Å². The number of anilines is 1. The summed E-state index contributed by atoms with van der Waals surface area (Å²) in [4.78, 5) is 23.1. The summed E-state index contributed by atoms with van der Waals surface area (Å²) in [6, 6.07) is 1.54. The highest BCUT2D eigenvalue weighted by molar-refractivity contribution is 5.86. The maximum absolute atomic E-state index is 10.8. The van der Waals surface area contributed by atoms with Gasteiger partial charge in [0, 0.05) is 25.7 Å². The van der Waals surface area contributed by atoms with E-state index in [1.807, 2.05) is 0 Å². The maximum atomic E-state index is 10.8. The third-order valence-corrected chi connectivity index (χ3v) is 2.92. The largest absolute Gasteiger partial charge is 0.477 e. The SMILES string of the molecule is CN1CCCN(c2cc(C(=O)O)ncn2)CC1. The van der Waals surface area contributed by atoms with Crippen LogP contribution in [0, 0.1) is 0 Å². The molecule has 0 radical (unpaired) electrons. The van der Waals surface area contributed by atoms with Crippen molar-refractivity contribution in [2.45, 2.75) is 6.42 Å². The Kier molecular flexibility index (Phi) is 3.53. The molecule has 92 valence electrons. The molecule has 0 aromatic carbocycles. The molecule has 1 saturated heterocycles. The molecule has 1 N–H and O–H groups in total. The summed E-state index contributed by atoms with van der Waals surface area (Å²) in [5.74, 6) is -0.312. The lowest BCUT2D eigenvalue weighted by molar-refractivity contribution is 0.0690. The third kappa shape index (κ3) is 2.91. The second-order valence-electron chi connectivity index (χ2n) is 4.21. The highest BCUT2D eigenvalue weighted by Gasteiger charge is 2.15. The van der Waals surface area contributed by atoms with E-state index in [-0.39, 0.29) is 5.69 Å². The minimum Gasteiger partial charge on any atom is -0.477 e. The van der Waals surface area contributed by atoms with Crippen molar-refractivity contribution in [3.05, 3.63) is 18.1 Å². The molecule has 2 heterocycles. The van der Waals surface area contributed by atoms with E-state index >= 15 is 0 Å². The first-order valence-electron chi connectivity index (χ1n) is 5.65. The zero-order chi connectivity index (χ0) is 12.3. The number of carbonyl (C=O) groups is 1. The summed E-state index contributed by atoms with van der Waals surface area (Å²) < 4.78 is 0. The summed E-state index contributed by atoms with van der Waals surface area (Å²) in [5.41, 5.74) is 0.0487. The number of nitrogens with zero attached hydrogens (tertiary/aromatic N) is 4. The molecule has 1 fully saturated rings. The first-order valence-corrected chi connectivity index (χ1v) is 5.65. The van der Waals surface area contributed by atoms with Gasteiger partial charge in [-0.25, -0.2) is 14.8 Å². The summed E-state index contributed by atoms with van der Waals surface area (Å²) in [6.45, 7) is 3.80. The van der Waals surface area contributed by atoms with E-state index in [0.29, 0.717) is 5.82 Å². The Labute approximate surface area is 99.9 Å². The van der Waals surface area contributed by atoms with Crippen LogP contribution >= 0.6 is 0 Å². The molecule has 0 aliphatic carbocycles. The van der Waals surface area contributed by atoms with Crippen molar-refractivity contribution >= 4 is 11.8 Å². The van der Waals surface area contributed by atoms with E-state index in [4.69, 9.17) is 5.11 Å². The minimum absolute atomic E-state index is 0.0487. The topological polar surface area (TPSA) is 69.6 Å². The smallest absolute Gasteiger partial charge is 0.354 e. The van der Waals surface area contributed by atoms with Crippen LogP contribution in [0.2, 0.25) is 0 Å². The fraction of sp³-hybridized carbons (Fsp3) is 0.545. The lowest BCUT2D eigenvalue weighted by Crippen LogP contribution is -2.29. The summed E-state index contributed by atoms with van der Waals surface area (Å²) in [7, 11) is 2.09. The van der Waals surface area contributed by atoms with Crippen LogP contribution < -0.4 is 4.90 Å². The van der Waals surface area contributed by atoms with Crippen molar-refractivity contribution in [1.82, 2.24) is 14.9 Å². The molecule has 0 bridgehead atoms. The monoisotopic (exact) mass is 236 g/mol. The van der Waals surface area contributed by atoms with Crippen LogP contribution in [0.15, 0.2) is 12.4 Å². The number of rotatable bonds is 2. The maximum Gasteiger partial charge on any atom is 0.354 e. The second-order valence-corrected chi connectivity index (χ2v) is 4.21. The van der Waals surface area contributed by atoms with Gasteiger partial charge in [-0.05, 0) is 20.0 Å². The molecule has 1 aliphatic heterocycles. The van der Waals surface area contributed by atoms with E-state index in [2.05, 4.69) is 26.8 Å². The Morgan fingerprint density at radius 2 is 2.12 bits per heavy atom. The van der Waals surface area contributed by atoms with Gasteiger partial charge in [-0.3, -0.25) is 0 Å². The summed E-state index contributed by atoms with van der Waals surface area (Å²) in [6.07, 6.45) is 2.37. The number of carboxylic acids is 1. The van der Waals surface area contributed by atoms with Gasteiger partial charge in [0.1, 0.15) is 12.1 Å². The molecule has 0 unspecified atom stereocenters. The van der Waals surface area contributed by atoms with Crippen LogP contribution in [0.5, 0.6) is 0 Å². The summed E-state index contributed by atoms with van der Waals surface area (Å²) >= 11 is 0. The molecule has 17 heavy (non-hydrogen) atoms. The van der Waals surface area contributed by atoms with E-state index in [0.717, 1.165) is 32.6 Å². The summed E-state index contributed by atoms with van der Waals surface area (Å²) in [5, 5.41) is 8.89. The Morgan fingerprint density at radius 1 is 1.29 bits per heavy atom. The van der Waals surface area contributed by atoms with Gasteiger partial charge < -0.3 is 14.9 Å². The quantitative estimate of drug-likeness (QED) is 0.797. The number of hydrogen-bond donors (Lipinski definition) is 1. The predicted molar refractivity (Wildman–Crippen MR) is 63.3 cm³/mol. The molecule has 1 aliphatic rings. The Morgan fingerprint density at radius 3 is 2.88 bits per heavy atom. The zero-order valence-corrected chi connectivity index (χ0v) is 9.83. The highest BCUT2D eigenvalue weighted by Crippen LogP contribution is 2.13. The molecule has 0 spiro atoms. The lowest BCUT2D eigenvalue weighted by Gasteiger charge is -2.21. The molecule has 2 rings (SSSR count). The Balaban J connectivity index is 2.15. The van der Waals surface area contributed by atoms with E-state index in [9.17, 15) is 4.79 Å². The normalized spacial score (nSPS) is 17.8. The van der Waals surface area contributed by atoms with Gasteiger partial charge >= 0.3 is 5.97 Å². The van der Waals surface area contributed by atoms with Gasteiger partial charge in [0.15, 0.2) is 5.69 Å². The van der Waals surface area contributed by atoms with Gasteiger partial charge in [0.05, 0.1) is 0 Å². The van der Waals surface area contributed by atoms with Crippen LogP contribution in [0.1, 0.15) is 16.9 Å². The molecule has 1 aromatic rings. The molecular weight excluding hydrogens is 220 g/mol. The van der Waals surface area contributed by atoms with Gasteiger partial charge in [0.2, 0.25) is 0 Å². The Hall–Kier alpha value is -1.69. The highest BCUT2D eigenvalue weighted by atomic mass is 16.4. The molecule has 0 saturated carbocycles. The minimum atomic E-state index is -1.01. The van der Waals surface area contributed by atoms with Gasteiger partial charge in [-0.1, -0.05) is 0 Å². The van der Waals surface area contributed by atoms with Crippen LogP contribution in [-0.4, -0.2) is 59.2 Å². The van der Waals surface area contributed by atoms with Crippen molar-refractivity contribution < 1.29 is 9.90 Å². The average molecular weight is 236 g/mol. The molecule has 6 heteroatoms. The second kappa shape index (κ2) is 5.09. The standard InChI is InChI=1S/C11H16N4O2/c1-14-3-2-4-15(6-5-14)10-7-9(11(16)17)12-8-13-10/h7-8H,2-6H2,1H3,(H,16,17). The van der Waals surface area contributed by atoms with Crippen LogP contribution in [0.3, 0.4) is 0 Å². The van der Waals surface area contributed by atoms with Gasteiger partial charge in [-0.15, -0.1) is 0 Å². The number of aromatic nitrogens is 2. The third-order valence-electron chi connectivity index (χ3n) is 2.92. The fourth-order valence-corrected chi connectivity index (χ4v) is 1.91. The van der Waals surface area contributed by atoms with Crippen LogP contribution in [-0.2, 0) is 0 Å². The number of carboxylic acid groups (broad SMARTS) is 1. The van der Waals surface area contributed by atoms with Gasteiger partial charge in [-0.2, -0.15) is 0 Å². The lowest BCUT2D eigenvalue weighted by atomic mass is 10.3. The predicted octanol–water partition coefficient (Wildman–Crippen LogP) is 0.317. The van der Waals surface area contributed by atoms with Crippen molar-refractivity contribution in [1.29, 1.82) is 0 Å². The first kappa shape index (κ1) is 11.8. The number of likely N-dealkylation sites (N-methyl/N-ethyl adjacent to an activating group) is 1. The van der Waals surface area contributed by atoms with Crippen molar-refractivity contribution in [3.8, 4) is 0 Å². The molecule has 0 amide bonds. The van der Waals surface area contributed by atoms with Crippen molar-refractivity contribution in [2.24, 2.45) is 0 Å². The van der Waals surface area contributed by atoms with E-state index < -0.39 is 5.97 Å². The van der Waals surface area contributed by atoms with Crippen molar-refractivity contribution in [2.75, 3.05) is 38.1 Å². The van der Waals surface area contributed by atoms with E-state index in [1.165, 1.54) is 12.4 Å². The fourth-order valence-electron chi connectivity index (χ4n) is 1.91. The molecule has 6 nitrogen and oxygen atoms in total. The van der Waals surface area contributed by atoms with Crippen molar-refractivity contribution in [3.63, 3.8) is 0 Å². The number of hydrogen-bond acceptors (Lipinski definition) is 5. The molecule has 1 aromatic heterocycles. The van der Waals surface area contributed by atoms with E-state index in [1.54, 1.807) is 0 Å².